The molecule has 3 N–H and O–H groups in total. The van der Waals surface area contributed by atoms with Crippen LogP contribution < -0.4 is 16.0 Å². The zero-order chi connectivity index (χ0) is 14.0. The minimum Gasteiger partial charge on any atom is -0.325 e. The molecule has 1 aliphatic rings. The van der Waals surface area contributed by atoms with E-state index in [4.69, 9.17) is 5.73 Å². The molecule has 2 amide bonds. The van der Waals surface area contributed by atoms with Crippen LogP contribution in [-0.2, 0) is 9.59 Å². The summed E-state index contributed by atoms with van der Waals surface area (Å²) in [5.41, 5.74) is 6.34. The Morgan fingerprint density at radius 2 is 1.90 bits per heavy atom. The molecular formula is C14H20ClN3O2. The summed E-state index contributed by atoms with van der Waals surface area (Å²) in [4.78, 5) is 25.1. The van der Waals surface area contributed by atoms with Crippen LogP contribution >= 0.6 is 12.4 Å². The fourth-order valence-electron chi connectivity index (χ4n) is 1.94. The van der Waals surface area contributed by atoms with Gasteiger partial charge in [-0.05, 0) is 44.5 Å². The van der Waals surface area contributed by atoms with Gasteiger partial charge in [0.05, 0.1) is 5.54 Å². The summed E-state index contributed by atoms with van der Waals surface area (Å²) < 4.78 is 0. The van der Waals surface area contributed by atoms with Crippen molar-refractivity contribution in [3.05, 3.63) is 24.3 Å². The number of carbonyl (C=O) groups excluding carboxylic acids is 2. The Bertz CT molecular complexity index is 494. The van der Waals surface area contributed by atoms with E-state index in [-0.39, 0.29) is 24.2 Å². The molecule has 1 aliphatic heterocycles. The number of rotatable bonds is 3. The van der Waals surface area contributed by atoms with E-state index in [1.807, 2.05) is 12.1 Å². The van der Waals surface area contributed by atoms with Crippen LogP contribution in [-0.4, -0.2) is 23.9 Å². The van der Waals surface area contributed by atoms with Crippen LogP contribution in [0.25, 0.3) is 0 Å². The van der Waals surface area contributed by atoms with Gasteiger partial charge < -0.3 is 16.0 Å². The third-order valence-corrected chi connectivity index (χ3v) is 3.10. The number of nitrogens with two attached hydrogens (primary N) is 1. The molecule has 0 aliphatic carbocycles. The molecule has 20 heavy (non-hydrogen) atoms. The van der Waals surface area contributed by atoms with Gasteiger partial charge in [-0.15, -0.1) is 12.4 Å². The second kappa shape index (κ2) is 6.24. The van der Waals surface area contributed by atoms with Gasteiger partial charge in [0, 0.05) is 24.3 Å². The highest BCUT2D eigenvalue weighted by atomic mass is 35.5. The van der Waals surface area contributed by atoms with Crippen molar-refractivity contribution in [1.82, 2.24) is 0 Å². The monoisotopic (exact) mass is 297 g/mol. The predicted molar refractivity (Wildman–Crippen MR) is 82.2 cm³/mol. The molecule has 0 unspecified atom stereocenters. The number of halogens is 1. The van der Waals surface area contributed by atoms with Crippen LogP contribution in [0.2, 0.25) is 0 Å². The summed E-state index contributed by atoms with van der Waals surface area (Å²) in [6.45, 7) is 4.07. The van der Waals surface area contributed by atoms with Gasteiger partial charge in [0.15, 0.2) is 0 Å². The maximum absolute atomic E-state index is 11.7. The van der Waals surface area contributed by atoms with E-state index in [1.165, 1.54) is 0 Å². The van der Waals surface area contributed by atoms with Crippen LogP contribution in [0.15, 0.2) is 24.3 Å². The molecule has 1 saturated heterocycles. The van der Waals surface area contributed by atoms with Crippen LogP contribution in [0, 0.1) is 0 Å². The third kappa shape index (κ3) is 3.71. The number of nitrogens with zero attached hydrogens (tertiary/aromatic N) is 1. The second-order valence-electron chi connectivity index (χ2n) is 5.37. The lowest BCUT2D eigenvalue weighted by Crippen LogP contribution is -2.45. The lowest BCUT2D eigenvalue weighted by atomic mass is 10.1. The summed E-state index contributed by atoms with van der Waals surface area (Å²) in [5.74, 6) is -0.0858. The molecule has 1 aromatic carbocycles. The van der Waals surface area contributed by atoms with Crippen molar-refractivity contribution in [3.8, 4) is 0 Å². The Morgan fingerprint density at radius 1 is 1.30 bits per heavy atom. The van der Waals surface area contributed by atoms with Crippen LogP contribution in [0.3, 0.4) is 0 Å². The van der Waals surface area contributed by atoms with Crippen molar-refractivity contribution in [2.45, 2.75) is 32.2 Å². The first-order valence-electron chi connectivity index (χ1n) is 6.39. The molecule has 2 rings (SSSR count). The first-order chi connectivity index (χ1) is 8.88. The number of carbonyl (C=O) groups is 2. The number of amides is 2. The standard InChI is InChI=1S/C14H19N3O2.ClH/c1-14(2,15)13(19)16-10-5-7-11(8-6-10)17-9-3-4-12(17)18;/h5-8H,3-4,9,15H2,1-2H3,(H,16,19);1H. The Kier molecular flexibility index (Phi) is 5.14. The average Bonchev–Trinajstić information content (AvgIpc) is 2.75. The Balaban J connectivity index is 0.00000200. The summed E-state index contributed by atoms with van der Waals surface area (Å²) in [6.07, 6.45) is 1.51. The highest BCUT2D eigenvalue weighted by Crippen LogP contribution is 2.23. The SMILES string of the molecule is CC(C)(N)C(=O)Nc1ccc(N2CCCC2=O)cc1.Cl. The maximum atomic E-state index is 11.7. The third-order valence-electron chi connectivity index (χ3n) is 3.10. The molecule has 0 bridgehead atoms. The van der Waals surface area contributed by atoms with Gasteiger partial charge >= 0.3 is 0 Å². The Hall–Kier alpha value is -1.59. The minimum atomic E-state index is -0.913. The largest absolute Gasteiger partial charge is 0.325 e. The molecule has 6 heteroatoms. The van der Waals surface area contributed by atoms with Gasteiger partial charge in [-0.25, -0.2) is 0 Å². The molecule has 0 radical (unpaired) electrons. The van der Waals surface area contributed by atoms with E-state index < -0.39 is 5.54 Å². The van der Waals surface area contributed by atoms with Crippen molar-refractivity contribution in [2.24, 2.45) is 5.73 Å². The van der Waals surface area contributed by atoms with Gasteiger partial charge in [0.25, 0.3) is 0 Å². The van der Waals surface area contributed by atoms with E-state index in [0.29, 0.717) is 12.1 Å². The summed E-state index contributed by atoms with van der Waals surface area (Å²) in [5, 5.41) is 2.74. The van der Waals surface area contributed by atoms with Gasteiger partial charge in [-0.1, -0.05) is 0 Å². The fourth-order valence-corrected chi connectivity index (χ4v) is 1.94. The summed E-state index contributed by atoms with van der Waals surface area (Å²) in [6, 6.07) is 7.24. The smallest absolute Gasteiger partial charge is 0.243 e. The van der Waals surface area contributed by atoms with Gasteiger partial charge in [-0.2, -0.15) is 0 Å². The molecule has 0 spiro atoms. The lowest BCUT2D eigenvalue weighted by molar-refractivity contribution is -0.120. The highest BCUT2D eigenvalue weighted by molar-refractivity contribution is 5.98. The number of hydrogen-bond donors (Lipinski definition) is 2. The molecule has 0 aromatic heterocycles. The van der Waals surface area contributed by atoms with Gasteiger partial charge in [0.1, 0.15) is 0 Å². The lowest BCUT2D eigenvalue weighted by Gasteiger charge is -2.19. The molecule has 110 valence electrons. The second-order valence-corrected chi connectivity index (χ2v) is 5.37. The summed E-state index contributed by atoms with van der Waals surface area (Å²) in [7, 11) is 0. The van der Waals surface area contributed by atoms with Crippen molar-refractivity contribution in [2.75, 3.05) is 16.8 Å². The quantitative estimate of drug-likeness (QED) is 0.895. The van der Waals surface area contributed by atoms with Crippen molar-refractivity contribution < 1.29 is 9.59 Å². The molecule has 5 nitrogen and oxygen atoms in total. The van der Waals surface area contributed by atoms with Crippen molar-refractivity contribution in [1.29, 1.82) is 0 Å². The number of nitrogens with one attached hydrogen (secondary N) is 1. The molecule has 0 atom stereocenters. The Labute approximate surface area is 124 Å². The van der Waals surface area contributed by atoms with E-state index >= 15 is 0 Å². The zero-order valence-electron chi connectivity index (χ0n) is 11.7. The van der Waals surface area contributed by atoms with Gasteiger partial charge in [-0.3, -0.25) is 9.59 Å². The maximum Gasteiger partial charge on any atom is 0.243 e. The predicted octanol–water partition coefficient (Wildman–Crippen LogP) is 1.91. The first kappa shape index (κ1) is 16.5. The average molecular weight is 298 g/mol. The molecule has 1 fully saturated rings. The number of anilines is 2. The normalized spacial score (nSPS) is 14.9. The van der Waals surface area contributed by atoms with Crippen LogP contribution in [0.4, 0.5) is 11.4 Å². The fraction of sp³-hybridized carbons (Fsp3) is 0.429. The van der Waals surface area contributed by atoms with Crippen LogP contribution in [0.1, 0.15) is 26.7 Å². The van der Waals surface area contributed by atoms with E-state index in [2.05, 4.69) is 5.32 Å². The van der Waals surface area contributed by atoms with E-state index in [0.717, 1.165) is 18.7 Å². The molecule has 1 aromatic rings. The van der Waals surface area contributed by atoms with Crippen molar-refractivity contribution >= 4 is 35.6 Å². The van der Waals surface area contributed by atoms with E-state index in [9.17, 15) is 9.59 Å². The first-order valence-corrected chi connectivity index (χ1v) is 6.39. The molecule has 1 heterocycles. The highest BCUT2D eigenvalue weighted by Gasteiger charge is 2.23. The van der Waals surface area contributed by atoms with Crippen LogP contribution in [0.5, 0.6) is 0 Å². The van der Waals surface area contributed by atoms with E-state index in [1.54, 1.807) is 30.9 Å². The Morgan fingerprint density at radius 3 is 2.35 bits per heavy atom. The molecule has 0 saturated carbocycles. The summed E-state index contributed by atoms with van der Waals surface area (Å²) >= 11 is 0. The number of hydrogen-bond acceptors (Lipinski definition) is 3. The van der Waals surface area contributed by atoms with Gasteiger partial charge in [0.2, 0.25) is 11.8 Å². The zero-order valence-corrected chi connectivity index (χ0v) is 12.5. The number of benzene rings is 1. The molecular weight excluding hydrogens is 278 g/mol. The topological polar surface area (TPSA) is 75.4 Å². The van der Waals surface area contributed by atoms with Crippen molar-refractivity contribution in [3.63, 3.8) is 0 Å². The minimum absolute atomic E-state index is 0.